The Morgan fingerprint density at radius 1 is 1.03 bits per heavy atom. The highest BCUT2D eigenvalue weighted by Gasteiger charge is 2.52. The van der Waals surface area contributed by atoms with E-state index in [1.54, 1.807) is 7.11 Å². The lowest BCUT2D eigenvalue weighted by atomic mass is 9.84. The third-order valence-corrected chi connectivity index (χ3v) is 7.77. The van der Waals surface area contributed by atoms with Crippen LogP contribution in [-0.2, 0) is 20.8 Å². The smallest absolute Gasteiger partial charge is 0.496 e. The Bertz CT molecular complexity index is 856. The maximum atomic E-state index is 6.33. The van der Waals surface area contributed by atoms with Gasteiger partial charge in [-0.1, -0.05) is 37.8 Å². The minimum absolute atomic E-state index is 0.393. The van der Waals surface area contributed by atoms with Crippen molar-refractivity contribution in [2.75, 3.05) is 13.7 Å². The topological polar surface area (TPSA) is 41.9 Å². The summed E-state index contributed by atoms with van der Waals surface area (Å²) in [5, 5.41) is 0. The van der Waals surface area contributed by atoms with Gasteiger partial charge in [-0.3, -0.25) is 0 Å². The second-order valence-corrected chi connectivity index (χ2v) is 15.9. The van der Waals surface area contributed by atoms with Crippen LogP contribution in [0.5, 0.6) is 5.75 Å². The molecular formula is C23H36BNO4Si. The number of hydrogen-bond donors (Lipinski definition) is 0. The first-order valence-corrected chi connectivity index (χ1v) is 14.4. The summed E-state index contributed by atoms with van der Waals surface area (Å²) in [6.07, 6.45) is 2.10. The normalized spacial score (nSPS) is 18.1. The molecule has 1 aliphatic heterocycles. The molecule has 0 saturated carbocycles. The van der Waals surface area contributed by atoms with Crippen LogP contribution in [0.1, 0.15) is 27.7 Å². The van der Waals surface area contributed by atoms with E-state index in [1.165, 1.54) is 0 Å². The molecule has 0 radical (unpaired) electrons. The molecule has 2 heterocycles. The molecule has 2 aromatic rings. The highest BCUT2D eigenvalue weighted by molar-refractivity contribution is 6.76. The van der Waals surface area contributed by atoms with Crippen LogP contribution in [0.4, 0.5) is 0 Å². The van der Waals surface area contributed by atoms with Crippen molar-refractivity contribution < 1.29 is 18.8 Å². The molecule has 0 spiro atoms. The Morgan fingerprint density at radius 3 is 2.27 bits per heavy atom. The Hall–Kier alpha value is -1.54. The number of benzene rings is 1. The summed E-state index contributed by atoms with van der Waals surface area (Å²) in [5.74, 6) is 0.842. The number of hydrogen-bond acceptors (Lipinski definition) is 4. The zero-order valence-electron chi connectivity index (χ0n) is 19.7. The van der Waals surface area contributed by atoms with Gasteiger partial charge in [-0.25, -0.2) is 0 Å². The highest BCUT2D eigenvalue weighted by Crippen LogP contribution is 2.37. The van der Waals surface area contributed by atoms with Crippen molar-refractivity contribution in [2.24, 2.45) is 0 Å². The molecule has 7 heteroatoms. The average molecular weight is 429 g/mol. The first-order valence-electron chi connectivity index (χ1n) is 10.7. The number of rotatable bonds is 8. The van der Waals surface area contributed by atoms with E-state index in [9.17, 15) is 0 Å². The number of methoxy groups -OCH3 is 1. The molecule has 0 aliphatic carbocycles. The lowest BCUT2D eigenvalue weighted by Crippen LogP contribution is -2.41. The summed E-state index contributed by atoms with van der Waals surface area (Å²) in [6.45, 7) is 16.6. The van der Waals surface area contributed by atoms with Crippen molar-refractivity contribution in [3.8, 4) is 16.9 Å². The molecule has 3 rings (SSSR count). The van der Waals surface area contributed by atoms with Crippen molar-refractivity contribution in [3.05, 3.63) is 36.5 Å². The SMILES string of the molecule is COc1ccccc1-c1cc(B2OC(C)(C)C(C)(C)O2)n(COCC[Si](C)(C)C)c1. The van der Waals surface area contributed by atoms with Crippen LogP contribution in [0.3, 0.4) is 0 Å². The van der Waals surface area contributed by atoms with E-state index in [0.717, 1.165) is 35.1 Å². The number of nitrogens with zero attached hydrogens (tertiary/aromatic N) is 1. The largest absolute Gasteiger partial charge is 0.512 e. The quantitative estimate of drug-likeness (QED) is 0.448. The van der Waals surface area contributed by atoms with E-state index >= 15 is 0 Å². The van der Waals surface area contributed by atoms with Crippen LogP contribution in [-0.4, -0.2) is 44.7 Å². The first kappa shape index (κ1) is 23.1. The van der Waals surface area contributed by atoms with Gasteiger partial charge < -0.3 is 23.3 Å². The Balaban J connectivity index is 1.90. The van der Waals surface area contributed by atoms with Gasteiger partial charge >= 0.3 is 7.12 Å². The van der Waals surface area contributed by atoms with Crippen molar-refractivity contribution in [3.63, 3.8) is 0 Å². The van der Waals surface area contributed by atoms with Crippen molar-refractivity contribution in [2.45, 2.75) is 71.3 Å². The third kappa shape index (κ3) is 5.02. The van der Waals surface area contributed by atoms with Crippen LogP contribution < -0.4 is 10.3 Å². The van der Waals surface area contributed by atoms with Gasteiger partial charge in [-0.15, -0.1) is 0 Å². The molecule has 164 valence electrons. The summed E-state index contributed by atoms with van der Waals surface area (Å²) in [4.78, 5) is 0. The lowest BCUT2D eigenvalue weighted by molar-refractivity contribution is 0.00578. The maximum absolute atomic E-state index is 6.33. The number of ether oxygens (including phenoxy) is 2. The average Bonchev–Trinajstić information content (AvgIpc) is 3.16. The molecule has 1 aliphatic rings. The van der Waals surface area contributed by atoms with Gasteiger partial charge in [-0.2, -0.15) is 0 Å². The van der Waals surface area contributed by atoms with Gasteiger partial charge in [-0.05, 0) is 45.9 Å². The van der Waals surface area contributed by atoms with E-state index in [4.69, 9.17) is 18.8 Å². The Kier molecular flexibility index (Phi) is 6.58. The van der Waals surface area contributed by atoms with Gasteiger partial charge in [0.05, 0.1) is 23.9 Å². The summed E-state index contributed by atoms with van der Waals surface area (Å²) in [7, 11) is 0.121. The minimum Gasteiger partial charge on any atom is -0.496 e. The minimum atomic E-state index is -1.13. The molecule has 1 saturated heterocycles. The van der Waals surface area contributed by atoms with Gasteiger partial charge in [0, 0.05) is 32.0 Å². The van der Waals surface area contributed by atoms with E-state index in [0.29, 0.717) is 6.73 Å². The molecule has 5 nitrogen and oxygen atoms in total. The standard InChI is InChI=1S/C23H36BNO4Si/c1-22(2)23(3,4)29-24(28-22)21-15-18(19-11-9-10-12-20(19)26-5)16-25(21)17-27-13-14-30(6,7)8/h9-12,15-16H,13-14,17H2,1-8H3. The predicted octanol–water partition coefficient (Wildman–Crippen LogP) is 4.78. The zero-order valence-corrected chi connectivity index (χ0v) is 20.7. The molecule has 1 aromatic carbocycles. The zero-order chi connectivity index (χ0) is 22.2. The molecule has 1 aromatic heterocycles. The molecule has 0 N–H and O–H groups in total. The molecule has 0 unspecified atom stereocenters. The van der Waals surface area contributed by atoms with Crippen molar-refractivity contribution in [1.29, 1.82) is 0 Å². The maximum Gasteiger partial charge on any atom is 0.512 e. The van der Waals surface area contributed by atoms with Crippen LogP contribution in [0, 0.1) is 0 Å². The van der Waals surface area contributed by atoms with E-state index in [1.807, 2.05) is 18.2 Å². The van der Waals surface area contributed by atoms with Gasteiger partial charge in [0.2, 0.25) is 0 Å². The number of para-hydroxylation sites is 1. The summed E-state index contributed by atoms with van der Waals surface area (Å²) >= 11 is 0. The van der Waals surface area contributed by atoms with Crippen molar-refractivity contribution in [1.82, 2.24) is 4.57 Å². The monoisotopic (exact) mass is 429 g/mol. The van der Waals surface area contributed by atoms with Crippen LogP contribution in [0.25, 0.3) is 11.1 Å². The fourth-order valence-electron chi connectivity index (χ4n) is 3.37. The predicted molar refractivity (Wildman–Crippen MR) is 126 cm³/mol. The van der Waals surface area contributed by atoms with E-state index < -0.39 is 26.4 Å². The van der Waals surface area contributed by atoms with Crippen LogP contribution >= 0.6 is 0 Å². The summed E-state index contributed by atoms with van der Waals surface area (Å²) in [5.41, 5.74) is 2.28. The fourth-order valence-corrected chi connectivity index (χ4v) is 4.13. The fraction of sp³-hybridized carbons (Fsp3) is 0.565. The molecule has 0 atom stereocenters. The van der Waals surface area contributed by atoms with Gasteiger partial charge in [0.1, 0.15) is 12.5 Å². The third-order valence-electron chi connectivity index (χ3n) is 6.07. The second kappa shape index (κ2) is 8.54. The molecule has 30 heavy (non-hydrogen) atoms. The van der Waals surface area contributed by atoms with Crippen LogP contribution in [0.15, 0.2) is 36.5 Å². The van der Waals surface area contributed by atoms with E-state index in [-0.39, 0.29) is 0 Å². The molecular weight excluding hydrogens is 393 g/mol. The number of aromatic nitrogens is 1. The van der Waals surface area contributed by atoms with Gasteiger partial charge in [0.15, 0.2) is 0 Å². The van der Waals surface area contributed by atoms with Crippen molar-refractivity contribution >= 4 is 20.8 Å². The molecule has 1 fully saturated rings. The van der Waals surface area contributed by atoms with Crippen LogP contribution in [0.2, 0.25) is 25.7 Å². The van der Waals surface area contributed by atoms with E-state index in [2.05, 4.69) is 70.2 Å². The Labute approximate surface area is 182 Å². The lowest BCUT2D eigenvalue weighted by Gasteiger charge is -2.32. The summed E-state index contributed by atoms with van der Waals surface area (Å²) in [6, 6.07) is 11.3. The molecule has 0 amide bonds. The highest BCUT2D eigenvalue weighted by atomic mass is 28.3. The van der Waals surface area contributed by atoms with Gasteiger partial charge in [0.25, 0.3) is 0 Å². The Morgan fingerprint density at radius 2 is 1.67 bits per heavy atom. The first-order chi connectivity index (χ1) is 13.9. The molecule has 0 bridgehead atoms. The summed E-state index contributed by atoms with van der Waals surface area (Å²) < 4.78 is 26.4. The second-order valence-electron chi connectivity index (χ2n) is 10.3.